The summed E-state index contributed by atoms with van der Waals surface area (Å²) in [4.78, 5) is 2.22. The molecule has 3 heteroatoms. The van der Waals surface area contributed by atoms with Gasteiger partial charge in [0.2, 0.25) is 0 Å². The van der Waals surface area contributed by atoms with Gasteiger partial charge in [-0.3, -0.25) is 0 Å². The molecule has 3 rings (SSSR count). The molecule has 0 saturated carbocycles. The second-order valence-corrected chi connectivity index (χ2v) is 12.4. The molecule has 1 atom stereocenters. The lowest BCUT2D eigenvalue weighted by molar-refractivity contribution is 0.427. The number of allylic oxidation sites excluding steroid dienone is 1. The maximum Gasteiger partial charge on any atom is 0.131 e. The van der Waals surface area contributed by atoms with Crippen molar-refractivity contribution in [3.63, 3.8) is 0 Å². The van der Waals surface area contributed by atoms with Gasteiger partial charge in [0.05, 0.1) is 8.07 Å². The molecule has 0 spiro atoms. The van der Waals surface area contributed by atoms with Crippen molar-refractivity contribution >= 4 is 13.8 Å². The molecule has 0 aromatic heterocycles. The summed E-state index contributed by atoms with van der Waals surface area (Å²) in [5.41, 5.74) is 3.86. The predicted molar refractivity (Wildman–Crippen MR) is 101 cm³/mol. The Morgan fingerprint density at radius 2 is 1.61 bits per heavy atom. The molecule has 0 aliphatic carbocycles. The summed E-state index contributed by atoms with van der Waals surface area (Å²) in [5.74, 6) is 0.310. The van der Waals surface area contributed by atoms with Crippen molar-refractivity contribution in [3.8, 4) is 11.1 Å². The van der Waals surface area contributed by atoms with Crippen LogP contribution in [0.3, 0.4) is 0 Å². The van der Waals surface area contributed by atoms with E-state index in [9.17, 15) is 5.11 Å². The Morgan fingerprint density at radius 3 is 2.30 bits per heavy atom. The molecule has 2 aromatic rings. The molecule has 118 valence electrons. The summed E-state index contributed by atoms with van der Waals surface area (Å²) in [7, 11) is -1.45. The van der Waals surface area contributed by atoms with Crippen molar-refractivity contribution in [2.75, 3.05) is 4.90 Å². The first-order valence-electron chi connectivity index (χ1n) is 7.98. The fraction of sp³-hybridized carbons (Fsp3) is 0.200. The molecular weight excluding hydrogens is 298 g/mol. The molecule has 23 heavy (non-hydrogen) atoms. The third-order valence-electron chi connectivity index (χ3n) is 4.16. The summed E-state index contributed by atoms with van der Waals surface area (Å²) in [6.07, 6.45) is 5.81. The zero-order valence-corrected chi connectivity index (χ0v) is 14.9. The molecule has 0 saturated heterocycles. The Bertz CT molecular complexity index is 744. The lowest BCUT2D eigenvalue weighted by atomic mass is 10.0. The van der Waals surface area contributed by atoms with Crippen LogP contribution in [0.2, 0.25) is 19.6 Å². The van der Waals surface area contributed by atoms with Crippen molar-refractivity contribution < 1.29 is 5.11 Å². The molecule has 0 amide bonds. The SMILES string of the molecule is C[Si](C)(C)C1C=CC(O)=CN1c1cccc(-c2ccccc2)c1. The number of rotatable bonds is 3. The van der Waals surface area contributed by atoms with E-state index in [1.807, 2.05) is 18.3 Å². The molecule has 0 fully saturated rings. The van der Waals surface area contributed by atoms with Gasteiger partial charge < -0.3 is 10.0 Å². The van der Waals surface area contributed by atoms with E-state index in [1.165, 1.54) is 11.1 Å². The third-order valence-corrected chi connectivity index (χ3v) is 6.40. The van der Waals surface area contributed by atoms with E-state index in [0.29, 0.717) is 11.4 Å². The van der Waals surface area contributed by atoms with Crippen LogP contribution in [0.15, 0.2) is 78.7 Å². The van der Waals surface area contributed by atoms with Crippen molar-refractivity contribution in [1.29, 1.82) is 0 Å². The van der Waals surface area contributed by atoms with Crippen LogP contribution in [0.4, 0.5) is 5.69 Å². The van der Waals surface area contributed by atoms with Gasteiger partial charge in [0.25, 0.3) is 0 Å². The van der Waals surface area contributed by atoms with E-state index in [-0.39, 0.29) is 0 Å². The minimum absolute atomic E-state index is 0.310. The number of hydrogen-bond acceptors (Lipinski definition) is 2. The highest BCUT2D eigenvalue weighted by molar-refractivity contribution is 6.78. The molecular formula is C20H23NOSi. The van der Waals surface area contributed by atoms with Gasteiger partial charge in [-0.2, -0.15) is 0 Å². The Balaban J connectivity index is 2.02. The Hall–Kier alpha value is -2.26. The fourth-order valence-corrected chi connectivity index (χ4v) is 4.70. The van der Waals surface area contributed by atoms with Crippen LogP contribution >= 0.6 is 0 Å². The van der Waals surface area contributed by atoms with Gasteiger partial charge in [0, 0.05) is 17.6 Å². The van der Waals surface area contributed by atoms with Crippen molar-refractivity contribution in [2.24, 2.45) is 0 Å². The first kappa shape index (κ1) is 15.6. The lowest BCUT2D eigenvalue weighted by Crippen LogP contribution is -2.49. The third kappa shape index (κ3) is 3.40. The highest BCUT2D eigenvalue weighted by atomic mass is 28.3. The van der Waals surface area contributed by atoms with Gasteiger partial charge in [0.1, 0.15) is 5.76 Å². The maximum atomic E-state index is 9.96. The molecule has 1 aliphatic rings. The topological polar surface area (TPSA) is 23.5 Å². The summed E-state index contributed by atoms with van der Waals surface area (Å²) in [6, 6.07) is 18.9. The molecule has 2 nitrogen and oxygen atoms in total. The minimum atomic E-state index is -1.45. The van der Waals surface area contributed by atoms with Crippen LogP contribution < -0.4 is 4.90 Å². The number of aliphatic hydroxyl groups is 1. The quantitative estimate of drug-likeness (QED) is 0.768. The van der Waals surface area contributed by atoms with Crippen molar-refractivity contribution in [3.05, 3.63) is 78.7 Å². The number of hydrogen-bond donors (Lipinski definition) is 1. The van der Waals surface area contributed by atoms with Crippen molar-refractivity contribution in [2.45, 2.75) is 25.3 Å². The van der Waals surface area contributed by atoms with E-state index in [0.717, 1.165) is 5.69 Å². The van der Waals surface area contributed by atoms with Gasteiger partial charge in [-0.1, -0.05) is 68.2 Å². The summed E-state index contributed by atoms with van der Waals surface area (Å²) in [6.45, 7) is 7.06. The number of anilines is 1. The van der Waals surface area contributed by atoms with Gasteiger partial charge in [-0.15, -0.1) is 0 Å². The molecule has 0 bridgehead atoms. The maximum absolute atomic E-state index is 9.96. The predicted octanol–water partition coefficient (Wildman–Crippen LogP) is 5.38. The van der Waals surface area contributed by atoms with E-state index < -0.39 is 8.07 Å². The zero-order chi connectivity index (χ0) is 16.4. The largest absolute Gasteiger partial charge is 0.506 e. The first-order chi connectivity index (χ1) is 10.9. The van der Waals surface area contributed by atoms with Crippen LogP contribution in [-0.2, 0) is 0 Å². The smallest absolute Gasteiger partial charge is 0.131 e. The Morgan fingerprint density at radius 1 is 0.913 bits per heavy atom. The molecule has 1 N–H and O–H groups in total. The Labute approximate surface area is 139 Å². The Kier molecular flexibility index (Phi) is 4.14. The lowest BCUT2D eigenvalue weighted by Gasteiger charge is -2.38. The average Bonchev–Trinajstić information content (AvgIpc) is 2.54. The van der Waals surface area contributed by atoms with E-state index >= 15 is 0 Å². The highest BCUT2D eigenvalue weighted by Crippen LogP contribution is 2.31. The van der Waals surface area contributed by atoms with Crippen molar-refractivity contribution in [1.82, 2.24) is 0 Å². The number of benzene rings is 2. The fourth-order valence-electron chi connectivity index (χ4n) is 2.97. The standard InChI is InChI=1S/C20H23NOSi/c1-23(2,3)20-13-12-19(22)15-21(20)18-11-7-10-17(14-18)16-8-5-4-6-9-16/h4-15,20,22H,1-3H3. The van der Waals surface area contributed by atoms with E-state index in [1.54, 1.807) is 0 Å². The second kappa shape index (κ2) is 6.09. The van der Waals surface area contributed by atoms with Crippen LogP contribution in [0.1, 0.15) is 0 Å². The van der Waals surface area contributed by atoms with Gasteiger partial charge in [-0.05, 0) is 29.3 Å². The van der Waals surface area contributed by atoms with E-state index in [2.05, 4.69) is 79.1 Å². The van der Waals surface area contributed by atoms with Crippen LogP contribution in [0, 0.1) is 0 Å². The molecule has 1 heterocycles. The number of nitrogens with zero attached hydrogens (tertiary/aromatic N) is 1. The second-order valence-electron chi connectivity index (χ2n) is 7.05. The van der Waals surface area contributed by atoms with Crippen LogP contribution in [-0.4, -0.2) is 18.8 Å². The minimum Gasteiger partial charge on any atom is -0.506 e. The summed E-state index contributed by atoms with van der Waals surface area (Å²) < 4.78 is 0. The average molecular weight is 321 g/mol. The molecule has 1 unspecified atom stereocenters. The van der Waals surface area contributed by atoms with Crippen LogP contribution in [0.5, 0.6) is 0 Å². The summed E-state index contributed by atoms with van der Waals surface area (Å²) >= 11 is 0. The van der Waals surface area contributed by atoms with Crippen LogP contribution in [0.25, 0.3) is 11.1 Å². The zero-order valence-electron chi connectivity index (χ0n) is 13.9. The molecule has 1 aliphatic heterocycles. The van der Waals surface area contributed by atoms with Gasteiger partial charge in [0.15, 0.2) is 0 Å². The monoisotopic (exact) mass is 321 g/mol. The molecule has 0 radical (unpaired) electrons. The normalized spacial score (nSPS) is 18.0. The summed E-state index contributed by atoms with van der Waals surface area (Å²) in [5, 5.41) is 9.96. The molecule has 2 aromatic carbocycles. The van der Waals surface area contributed by atoms with Gasteiger partial charge >= 0.3 is 0 Å². The van der Waals surface area contributed by atoms with Gasteiger partial charge in [-0.25, -0.2) is 0 Å². The number of aliphatic hydroxyl groups excluding tert-OH is 1. The van der Waals surface area contributed by atoms with E-state index in [4.69, 9.17) is 0 Å². The highest BCUT2D eigenvalue weighted by Gasteiger charge is 2.31. The first-order valence-corrected chi connectivity index (χ1v) is 11.6.